The number of hydrogen-bond donors (Lipinski definition) is 1. The molecule has 1 rings (SSSR count). The zero-order valence-electron chi connectivity index (χ0n) is 9.33. The summed E-state index contributed by atoms with van der Waals surface area (Å²) < 4.78 is 5.24. The van der Waals surface area contributed by atoms with Gasteiger partial charge in [0, 0.05) is 6.42 Å². The van der Waals surface area contributed by atoms with Gasteiger partial charge in [-0.15, -0.1) is 0 Å². The minimum Gasteiger partial charge on any atom is -0.496 e. The number of methoxy groups -OCH3 is 1. The first kappa shape index (κ1) is 11.6. The number of ether oxygens (including phenoxy) is 1. The van der Waals surface area contributed by atoms with Crippen LogP contribution in [-0.2, 0) is 11.2 Å². The second-order valence-corrected chi connectivity index (χ2v) is 3.66. The lowest BCUT2D eigenvalue weighted by Crippen LogP contribution is -1.99. The monoisotopic (exact) mass is 208 g/mol. The smallest absolute Gasteiger partial charge is 0.303 e. The van der Waals surface area contributed by atoms with Gasteiger partial charge in [0.05, 0.1) is 7.11 Å². The summed E-state index contributed by atoms with van der Waals surface area (Å²) in [4.78, 5) is 10.4. The van der Waals surface area contributed by atoms with E-state index in [9.17, 15) is 4.79 Å². The molecular weight excluding hydrogens is 192 g/mol. The number of carboxylic acids is 1. The van der Waals surface area contributed by atoms with Gasteiger partial charge in [-0.05, 0) is 37.0 Å². The first-order valence-corrected chi connectivity index (χ1v) is 4.90. The number of benzene rings is 1. The molecule has 0 bridgehead atoms. The van der Waals surface area contributed by atoms with Crippen LogP contribution in [0.1, 0.15) is 23.1 Å². The molecule has 0 unspecified atom stereocenters. The van der Waals surface area contributed by atoms with Crippen molar-refractivity contribution in [3.63, 3.8) is 0 Å². The van der Waals surface area contributed by atoms with Gasteiger partial charge in [-0.1, -0.05) is 12.1 Å². The van der Waals surface area contributed by atoms with Crippen LogP contribution in [0.15, 0.2) is 12.1 Å². The van der Waals surface area contributed by atoms with Gasteiger partial charge in [0.25, 0.3) is 0 Å². The van der Waals surface area contributed by atoms with Gasteiger partial charge < -0.3 is 9.84 Å². The Labute approximate surface area is 89.7 Å². The SMILES string of the molecule is COc1c(C)cc(CCC(=O)O)cc1C. The minimum atomic E-state index is -0.763. The Hall–Kier alpha value is -1.51. The van der Waals surface area contributed by atoms with E-state index in [0.717, 1.165) is 22.4 Å². The van der Waals surface area contributed by atoms with Crippen LogP contribution in [0.2, 0.25) is 0 Å². The van der Waals surface area contributed by atoms with Gasteiger partial charge in [0.1, 0.15) is 5.75 Å². The summed E-state index contributed by atoms with van der Waals surface area (Å²) in [5.74, 6) is 0.121. The highest BCUT2D eigenvalue weighted by atomic mass is 16.5. The van der Waals surface area contributed by atoms with E-state index < -0.39 is 5.97 Å². The maximum Gasteiger partial charge on any atom is 0.303 e. The molecule has 82 valence electrons. The summed E-state index contributed by atoms with van der Waals surface area (Å²) in [6.07, 6.45) is 0.742. The normalized spacial score (nSPS) is 10.1. The standard InChI is InChI=1S/C12H16O3/c1-8-6-10(4-5-11(13)14)7-9(2)12(8)15-3/h6-7H,4-5H2,1-3H3,(H,13,14). The molecule has 0 heterocycles. The zero-order chi connectivity index (χ0) is 11.4. The Morgan fingerprint density at radius 3 is 2.27 bits per heavy atom. The van der Waals surface area contributed by atoms with Crippen molar-refractivity contribution >= 4 is 5.97 Å². The lowest BCUT2D eigenvalue weighted by molar-refractivity contribution is -0.136. The van der Waals surface area contributed by atoms with Gasteiger partial charge in [0.2, 0.25) is 0 Å². The summed E-state index contributed by atoms with van der Waals surface area (Å²) in [5, 5.41) is 8.59. The number of hydrogen-bond acceptors (Lipinski definition) is 2. The fourth-order valence-electron chi connectivity index (χ4n) is 1.76. The highest BCUT2D eigenvalue weighted by molar-refractivity contribution is 5.67. The van der Waals surface area contributed by atoms with Crippen molar-refractivity contribution in [2.45, 2.75) is 26.7 Å². The van der Waals surface area contributed by atoms with Crippen molar-refractivity contribution in [3.8, 4) is 5.75 Å². The minimum absolute atomic E-state index is 0.172. The summed E-state index contributed by atoms with van der Waals surface area (Å²) in [5.41, 5.74) is 3.16. The second kappa shape index (κ2) is 4.82. The Bertz CT molecular complexity index is 346. The Kier molecular flexibility index (Phi) is 3.72. The van der Waals surface area contributed by atoms with Crippen molar-refractivity contribution in [3.05, 3.63) is 28.8 Å². The second-order valence-electron chi connectivity index (χ2n) is 3.66. The molecule has 3 nitrogen and oxygen atoms in total. The molecular formula is C12H16O3. The van der Waals surface area contributed by atoms with Crippen LogP contribution in [0, 0.1) is 13.8 Å². The Balaban J connectivity index is 2.88. The zero-order valence-corrected chi connectivity index (χ0v) is 9.33. The van der Waals surface area contributed by atoms with Crippen LogP contribution in [0.3, 0.4) is 0 Å². The molecule has 1 aromatic rings. The van der Waals surface area contributed by atoms with Gasteiger partial charge >= 0.3 is 5.97 Å². The lowest BCUT2D eigenvalue weighted by atomic mass is 10.0. The number of aliphatic carboxylic acids is 1. The van der Waals surface area contributed by atoms with Crippen LogP contribution >= 0.6 is 0 Å². The largest absolute Gasteiger partial charge is 0.496 e. The quantitative estimate of drug-likeness (QED) is 0.826. The molecule has 0 aromatic heterocycles. The third-order valence-corrected chi connectivity index (χ3v) is 2.35. The van der Waals surface area contributed by atoms with E-state index in [0.29, 0.717) is 6.42 Å². The summed E-state index contributed by atoms with van der Waals surface area (Å²) in [6, 6.07) is 3.96. The Morgan fingerprint density at radius 2 is 1.87 bits per heavy atom. The molecule has 0 amide bonds. The maximum absolute atomic E-state index is 10.4. The van der Waals surface area contributed by atoms with Crippen molar-refractivity contribution in [2.75, 3.05) is 7.11 Å². The topological polar surface area (TPSA) is 46.5 Å². The van der Waals surface area contributed by atoms with Gasteiger partial charge in [-0.25, -0.2) is 0 Å². The number of carbonyl (C=O) groups is 1. The fourth-order valence-corrected chi connectivity index (χ4v) is 1.76. The van der Waals surface area contributed by atoms with E-state index in [1.165, 1.54) is 0 Å². The Morgan fingerprint density at radius 1 is 1.33 bits per heavy atom. The number of carboxylic acid groups (broad SMARTS) is 1. The van der Waals surface area contributed by atoms with Crippen molar-refractivity contribution < 1.29 is 14.6 Å². The molecule has 0 atom stereocenters. The molecule has 0 aliphatic heterocycles. The van der Waals surface area contributed by atoms with Crippen LogP contribution in [0.25, 0.3) is 0 Å². The third kappa shape index (κ3) is 2.98. The molecule has 0 fully saturated rings. The molecule has 15 heavy (non-hydrogen) atoms. The van der Waals surface area contributed by atoms with E-state index in [-0.39, 0.29) is 6.42 Å². The first-order valence-electron chi connectivity index (χ1n) is 4.90. The molecule has 0 saturated heterocycles. The molecule has 3 heteroatoms. The summed E-state index contributed by atoms with van der Waals surface area (Å²) in [7, 11) is 1.65. The first-order chi connectivity index (χ1) is 7.04. The van der Waals surface area contributed by atoms with E-state index in [2.05, 4.69) is 0 Å². The average Bonchev–Trinajstić information content (AvgIpc) is 2.14. The van der Waals surface area contributed by atoms with Crippen molar-refractivity contribution in [1.82, 2.24) is 0 Å². The molecule has 0 saturated carbocycles. The van der Waals surface area contributed by atoms with Crippen LogP contribution in [0.5, 0.6) is 5.75 Å². The fraction of sp³-hybridized carbons (Fsp3) is 0.417. The van der Waals surface area contributed by atoms with Gasteiger partial charge in [0.15, 0.2) is 0 Å². The predicted octanol–water partition coefficient (Wildman–Crippen LogP) is 2.33. The van der Waals surface area contributed by atoms with E-state index in [1.807, 2.05) is 26.0 Å². The molecule has 0 spiro atoms. The van der Waals surface area contributed by atoms with Gasteiger partial charge in [-0.2, -0.15) is 0 Å². The van der Waals surface area contributed by atoms with Crippen molar-refractivity contribution in [2.24, 2.45) is 0 Å². The third-order valence-electron chi connectivity index (χ3n) is 2.35. The van der Waals surface area contributed by atoms with E-state index >= 15 is 0 Å². The highest BCUT2D eigenvalue weighted by Crippen LogP contribution is 2.24. The predicted molar refractivity (Wildman–Crippen MR) is 58.4 cm³/mol. The number of rotatable bonds is 4. The van der Waals surface area contributed by atoms with E-state index in [1.54, 1.807) is 7.11 Å². The van der Waals surface area contributed by atoms with E-state index in [4.69, 9.17) is 9.84 Å². The average molecular weight is 208 g/mol. The number of aryl methyl sites for hydroxylation is 3. The molecule has 0 radical (unpaired) electrons. The molecule has 1 N–H and O–H groups in total. The molecule has 0 aliphatic rings. The molecule has 1 aromatic carbocycles. The maximum atomic E-state index is 10.4. The van der Waals surface area contributed by atoms with Gasteiger partial charge in [-0.3, -0.25) is 4.79 Å². The van der Waals surface area contributed by atoms with Crippen LogP contribution < -0.4 is 4.74 Å². The summed E-state index contributed by atoms with van der Waals surface area (Å²) >= 11 is 0. The highest BCUT2D eigenvalue weighted by Gasteiger charge is 2.06. The van der Waals surface area contributed by atoms with Crippen molar-refractivity contribution in [1.29, 1.82) is 0 Å². The summed E-state index contributed by atoms with van der Waals surface area (Å²) in [6.45, 7) is 3.94. The molecule has 0 aliphatic carbocycles. The van der Waals surface area contributed by atoms with Crippen LogP contribution in [0.4, 0.5) is 0 Å². The lowest BCUT2D eigenvalue weighted by Gasteiger charge is -2.10. The van der Waals surface area contributed by atoms with Crippen LogP contribution in [-0.4, -0.2) is 18.2 Å².